The summed E-state index contributed by atoms with van der Waals surface area (Å²) in [5.41, 5.74) is 5.21. The zero-order valence-electron chi connectivity index (χ0n) is 23.0. The first kappa shape index (κ1) is 27.2. The molecule has 2 aromatic heterocycles. The first-order valence-corrected chi connectivity index (χ1v) is 13.0. The molecule has 10 heteroatoms. The van der Waals surface area contributed by atoms with E-state index in [0.717, 1.165) is 27.8 Å². The van der Waals surface area contributed by atoms with Crippen molar-refractivity contribution in [3.8, 4) is 11.3 Å². The van der Waals surface area contributed by atoms with Crippen molar-refractivity contribution >= 4 is 45.6 Å². The van der Waals surface area contributed by atoms with Crippen LogP contribution in [-0.4, -0.2) is 57.1 Å². The highest BCUT2D eigenvalue weighted by molar-refractivity contribution is 6.05. The highest BCUT2D eigenvalue weighted by atomic mass is 16.2. The minimum Gasteiger partial charge on any atom is -0.340 e. The van der Waals surface area contributed by atoms with E-state index in [9.17, 15) is 9.59 Å². The van der Waals surface area contributed by atoms with Gasteiger partial charge in [0, 0.05) is 59.3 Å². The Kier molecular flexibility index (Phi) is 8.12. The Morgan fingerprint density at radius 1 is 0.902 bits per heavy atom. The summed E-state index contributed by atoms with van der Waals surface area (Å²) in [6, 6.07) is 22.1. The van der Waals surface area contributed by atoms with E-state index in [2.05, 4.69) is 37.1 Å². The van der Waals surface area contributed by atoms with Crippen LogP contribution >= 0.6 is 0 Å². The fourth-order valence-corrected chi connectivity index (χ4v) is 4.17. The molecule has 0 bridgehead atoms. The maximum atomic E-state index is 12.9. The van der Waals surface area contributed by atoms with Crippen molar-refractivity contribution in [2.45, 2.75) is 0 Å². The van der Waals surface area contributed by atoms with Crippen LogP contribution in [-0.2, 0) is 11.8 Å². The number of nitrogens with zero attached hydrogens (tertiary/aromatic N) is 5. The van der Waals surface area contributed by atoms with E-state index < -0.39 is 0 Å². The third-order valence-corrected chi connectivity index (χ3v) is 6.26. The van der Waals surface area contributed by atoms with Gasteiger partial charge in [-0.2, -0.15) is 5.10 Å². The third-order valence-electron chi connectivity index (χ3n) is 6.26. The zero-order valence-corrected chi connectivity index (χ0v) is 23.0. The summed E-state index contributed by atoms with van der Waals surface area (Å²) in [6.45, 7) is 0.673. The fourth-order valence-electron chi connectivity index (χ4n) is 4.17. The molecule has 0 unspecified atom stereocenters. The normalized spacial score (nSPS) is 11.2. The Balaban J connectivity index is 1.22. The molecule has 0 aliphatic heterocycles. The second kappa shape index (κ2) is 12.2. The minimum absolute atomic E-state index is 0.223. The standard InChI is InChI=1S/C31H30N8O2/c1-38(2)15-5-8-30(40)36-24-13-11-21(12-14-24)31(41)37-26-7-4-6-25(17-26)35-29-18-27(32-20-33-29)22-9-10-23-19-34-39(3)28(23)16-22/h4-14,16-20H,15H2,1-3H3,(H,36,40)(H,37,41)(H,32,33,35)/b8-5+. The lowest BCUT2D eigenvalue weighted by Crippen LogP contribution is -2.13. The number of nitrogens with one attached hydrogen (secondary N) is 3. The highest BCUT2D eigenvalue weighted by Gasteiger charge is 2.09. The predicted molar refractivity (Wildman–Crippen MR) is 162 cm³/mol. The lowest BCUT2D eigenvalue weighted by Gasteiger charge is -2.10. The third kappa shape index (κ3) is 7.00. The zero-order chi connectivity index (χ0) is 28.8. The lowest BCUT2D eigenvalue weighted by molar-refractivity contribution is -0.111. The fraction of sp³-hybridized carbons (Fsp3) is 0.129. The van der Waals surface area contributed by atoms with Gasteiger partial charge in [-0.25, -0.2) is 9.97 Å². The number of hydrogen-bond donors (Lipinski definition) is 3. The van der Waals surface area contributed by atoms with Crippen molar-refractivity contribution in [2.24, 2.45) is 7.05 Å². The van der Waals surface area contributed by atoms with E-state index in [1.807, 2.05) is 79.4 Å². The number of fused-ring (bicyclic) bond motifs is 1. The van der Waals surface area contributed by atoms with Crippen molar-refractivity contribution in [1.29, 1.82) is 0 Å². The second-order valence-electron chi connectivity index (χ2n) is 9.72. The number of amides is 2. The number of anilines is 4. The summed E-state index contributed by atoms with van der Waals surface area (Å²) in [7, 11) is 5.77. The van der Waals surface area contributed by atoms with Gasteiger partial charge in [-0.15, -0.1) is 0 Å². The molecule has 0 saturated carbocycles. The van der Waals surface area contributed by atoms with Crippen LogP contribution in [0.3, 0.4) is 0 Å². The monoisotopic (exact) mass is 546 g/mol. The van der Waals surface area contributed by atoms with E-state index in [0.29, 0.717) is 29.3 Å². The summed E-state index contributed by atoms with van der Waals surface area (Å²) in [6.07, 6.45) is 6.63. The minimum atomic E-state index is -0.263. The molecular weight excluding hydrogens is 516 g/mol. The van der Waals surface area contributed by atoms with Crippen molar-refractivity contribution in [1.82, 2.24) is 24.6 Å². The van der Waals surface area contributed by atoms with Gasteiger partial charge in [-0.05, 0) is 62.6 Å². The van der Waals surface area contributed by atoms with Gasteiger partial charge in [-0.3, -0.25) is 14.3 Å². The van der Waals surface area contributed by atoms with Crippen molar-refractivity contribution in [3.05, 3.63) is 103 Å². The van der Waals surface area contributed by atoms with Gasteiger partial charge in [-0.1, -0.05) is 24.3 Å². The van der Waals surface area contributed by atoms with Gasteiger partial charge in [0.15, 0.2) is 0 Å². The molecule has 41 heavy (non-hydrogen) atoms. The van der Waals surface area contributed by atoms with E-state index in [-0.39, 0.29) is 11.8 Å². The van der Waals surface area contributed by atoms with Crippen LogP contribution in [0.5, 0.6) is 0 Å². The molecule has 5 rings (SSSR count). The Morgan fingerprint density at radius 3 is 2.51 bits per heavy atom. The molecule has 10 nitrogen and oxygen atoms in total. The molecular formula is C31H30N8O2. The van der Waals surface area contributed by atoms with E-state index in [1.54, 1.807) is 30.3 Å². The van der Waals surface area contributed by atoms with Gasteiger partial charge in [0.1, 0.15) is 12.1 Å². The van der Waals surface area contributed by atoms with Crippen LogP contribution in [0.4, 0.5) is 22.9 Å². The molecule has 3 N–H and O–H groups in total. The molecule has 0 aliphatic carbocycles. The van der Waals surface area contributed by atoms with Gasteiger partial charge < -0.3 is 20.9 Å². The number of rotatable bonds is 9. The summed E-state index contributed by atoms with van der Waals surface area (Å²) in [4.78, 5) is 35.7. The number of carbonyl (C=O) groups is 2. The Morgan fingerprint density at radius 2 is 1.71 bits per heavy atom. The summed E-state index contributed by atoms with van der Waals surface area (Å²) >= 11 is 0. The molecule has 0 aliphatic rings. The first-order valence-electron chi connectivity index (χ1n) is 13.0. The van der Waals surface area contributed by atoms with Crippen LogP contribution < -0.4 is 16.0 Å². The van der Waals surface area contributed by atoms with Crippen molar-refractivity contribution in [2.75, 3.05) is 36.6 Å². The molecule has 5 aromatic rings. The van der Waals surface area contributed by atoms with Crippen molar-refractivity contribution in [3.63, 3.8) is 0 Å². The Hall–Kier alpha value is -5.35. The molecule has 3 aromatic carbocycles. The summed E-state index contributed by atoms with van der Waals surface area (Å²) < 4.78 is 1.83. The van der Waals surface area contributed by atoms with Gasteiger partial charge >= 0.3 is 0 Å². The number of carbonyl (C=O) groups excluding carboxylic acids is 2. The number of aromatic nitrogens is 4. The quantitative estimate of drug-likeness (QED) is 0.221. The average molecular weight is 547 g/mol. The lowest BCUT2D eigenvalue weighted by atomic mass is 10.1. The van der Waals surface area contributed by atoms with Crippen LogP contribution in [0.2, 0.25) is 0 Å². The number of benzene rings is 3. The maximum Gasteiger partial charge on any atom is 0.255 e. The molecule has 0 spiro atoms. The van der Waals surface area contributed by atoms with E-state index >= 15 is 0 Å². The molecule has 0 fully saturated rings. The van der Waals surface area contributed by atoms with Crippen LogP contribution in [0.25, 0.3) is 22.2 Å². The number of likely N-dealkylation sites (N-methyl/N-ethyl adjacent to an activating group) is 1. The molecule has 0 saturated heterocycles. The number of aryl methyl sites for hydroxylation is 1. The molecule has 206 valence electrons. The van der Waals surface area contributed by atoms with Crippen LogP contribution in [0.15, 0.2) is 97.5 Å². The van der Waals surface area contributed by atoms with Gasteiger partial charge in [0.25, 0.3) is 5.91 Å². The van der Waals surface area contributed by atoms with Crippen LogP contribution in [0, 0.1) is 0 Å². The number of hydrogen-bond acceptors (Lipinski definition) is 7. The first-order chi connectivity index (χ1) is 19.8. The molecule has 2 heterocycles. The maximum absolute atomic E-state index is 12.9. The van der Waals surface area contributed by atoms with E-state index in [4.69, 9.17) is 0 Å². The molecule has 2 amide bonds. The Labute approximate surface area is 237 Å². The second-order valence-corrected chi connectivity index (χ2v) is 9.72. The van der Waals surface area contributed by atoms with Gasteiger partial charge in [0.05, 0.1) is 17.4 Å². The largest absolute Gasteiger partial charge is 0.340 e. The highest BCUT2D eigenvalue weighted by Crippen LogP contribution is 2.26. The Bertz CT molecular complexity index is 1720. The molecule has 0 radical (unpaired) electrons. The average Bonchev–Trinajstić information content (AvgIpc) is 3.33. The topological polar surface area (TPSA) is 117 Å². The smallest absolute Gasteiger partial charge is 0.255 e. The summed E-state index contributed by atoms with van der Waals surface area (Å²) in [5, 5.41) is 14.4. The predicted octanol–water partition coefficient (Wildman–Crippen LogP) is 5.08. The van der Waals surface area contributed by atoms with Crippen molar-refractivity contribution < 1.29 is 9.59 Å². The van der Waals surface area contributed by atoms with Gasteiger partial charge in [0.2, 0.25) is 5.91 Å². The SMILES string of the molecule is CN(C)C/C=C/C(=O)Nc1ccc(C(=O)Nc2cccc(Nc3cc(-c4ccc5cnn(C)c5c4)ncn3)c2)cc1. The van der Waals surface area contributed by atoms with Crippen LogP contribution in [0.1, 0.15) is 10.4 Å². The molecule has 0 atom stereocenters. The van der Waals surface area contributed by atoms with E-state index in [1.165, 1.54) is 12.4 Å². The summed E-state index contributed by atoms with van der Waals surface area (Å²) in [5.74, 6) is 0.136.